The van der Waals surface area contributed by atoms with E-state index < -0.39 is 0 Å². The highest BCUT2D eigenvalue weighted by Crippen LogP contribution is 2.30. The number of piperidine rings is 1. The van der Waals surface area contributed by atoms with Crippen LogP contribution in [0, 0.1) is 5.92 Å². The van der Waals surface area contributed by atoms with Crippen LogP contribution in [0.5, 0.6) is 0 Å². The Labute approximate surface area is 151 Å². The van der Waals surface area contributed by atoms with Crippen LogP contribution in [0.15, 0.2) is 24.5 Å². The van der Waals surface area contributed by atoms with Crippen molar-refractivity contribution in [2.24, 2.45) is 5.92 Å². The minimum Gasteiger partial charge on any atom is -0.338 e. The molecule has 2 bridgehead atoms. The Morgan fingerprint density at radius 1 is 1.28 bits per heavy atom. The number of pyridine rings is 1. The highest BCUT2D eigenvalue weighted by atomic mass is 35.5. The summed E-state index contributed by atoms with van der Waals surface area (Å²) >= 11 is 6.00. The number of carbonyl (C=O) groups excluding carboxylic acids is 2. The lowest BCUT2D eigenvalue weighted by molar-refractivity contribution is -0.139. The third-order valence-electron chi connectivity index (χ3n) is 5.18. The van der Waals surface area contributed by atoms with E-state index in [-0.39, 0.29) is 23.8 Å². The molecule has 132 valence electrons. The molecule has 0 aromatic carbocycles. The molecule has 5 heterocycles. The van der Waals surface area contributed by atoms with Crippen molar-refractivity contribution >= 4 is 29.1 Å². The van der Waals surface area contributed by atoms with Gasteiger partial charge in [-0.15, -0.1) is 0 Å². The van der Waals surface area contributed by atoms with E-state index in [0.717, 1.165) is 25.8 Å². The summed E-state index contributed by atoms with van der Waals surface area (Å²) in [5.74, 6) is 0.0128. The van der Waals surface area contributed by atoms with E-state index >= 15 is 0 Å². The van der Waals surface area contributed by atoms with Gasteiger partial charge >= 0.3 is 0 Å². The van der Waals surface area contributed by atoms with Crippen LogP contribution in [0.2, 0.25) is 5.02 Å². The van der Waals surface area contributed by atoms with Gasteiger partial charge in [-0.1, -0.05) is 18.5 Å². The van der Waals surface area contributed by atoms with E-state index in [9.17, 15) is 9.59 Å². The molecule has 2 amide bonds. The molecule has 0 saturated carbocycles. The molecule has 3 aliphatic heterocycles. The average Bonchev–Trinajstić information content (AvgIpc) is 2.82. The zero-order valence-corrected chi connectivity index (χ0v) is 14.9. The largest absolute Gasteiger partial charge is 0.338 e. The molecule has 2 unspecified atom stereocenters. The Bertz CT molecular complexity index is 834. The van der Waals surface area contributed by atoms with Crippen molar-refractivity contribution in [3.63, 3.8) is 0 Å². The first kappa shape index (κ1) is 16.4. The molecule has 0 aliphatic carbocycles. The summed E-state index contributed by atoms with van der Waals surface area (Å²) in [4.78, 5) is 33.8. The van der Waals surface area contributed by atoms with Crippen molar-refractivity contribution in [1.82, 2.24) is 19.2 Å². The van der Waals surface area contributed by atoms with E-state index in [1.807, 2.05) is 4.90 Å². The molecule has 0 spiro atoms. The molecule has 6 nitrogen and oxygen atoms in total. The summed E-state index contributed by atoms with van der Waals surface area (Å²) in [5, 5.41) is 0.595. The lowest BCUT2D eigenvalue weighted by Gasteiger charge is -2.35. The maximum atomic E-state index is 13.0. The van der Waals surface area contributed by atoms with E-state index in [1.54, 1.807) is 33.8 Å². The second-order valence-corrected chi connectivity index (χ2v) is 7.35. The molecule has 0 N–H and O–H groups in total. The highest BCUT2D eigenvalue weighted by molar-refractivity contribution is 6.30. The van der Waals surface area contributed by atoms with Crippen LogP contribution in [-0.4, -0.2) is 56.7 Å². The topological polar surface area (TPSA) is 57.9 Å². The van der Waals surface area contributed by atoms with Gasteiger partial charge in [0.2, 0.25) is 5.91 Å². The standard InChI is InChI=1S/C18H21ClN4O2/c1-2-7-23-14-5-3-12(17(23)24)8-22(10-14)18(25)15-11-21-9-13(19)4-6-16(21)20-15/h4,6,9,11-12,14H,2-3,5,7-8,10H2,1H3. The van der Waals surface area contributed by atoms with Crippen LogP contribution in [0.25, 0.3) is 5.65 Å². The molecule has 2 aromatic rings. The normalized spacial score (nSPS) is 23.4. The molecule has 3 fully saturated rings. The van der Waals surface area contributed by atoms with Crippen molar-refractivity contribution < 1.29 is 9.59 Å². The molecule has 3 saturated heterocycles. The summed E-state index contributed by atoms with van der Waals surface area (Å²) < 4.78 is 1.76. The fourth-order valence-corrected chi connectivity index (χ4v) is 4.14. The van der Waals surface area contributed by atoms with Crippen molar-refractivity contribution in [1.29, 1.82) is 0 Å². The van der Waals surface area contributed by atoms with Crippen LogP contribution in [0.1, 0.15) is 36.7 Å². The summed E-state index contributed by atoms with van der Waals surface area (Å²) in [5.41, 5.74) is 1.09. The van der Waals surface area contributed by atoms with Gasteiger partial charge in [0.05, 0.1) is 10.9 Å². The number of nitrogens with zero attached hydrogens (tertiary/aromatic N) is 4. The van der Waals surface area contributed by atoms with Crippen LogP contribution in [-0.2, 0) is 4.79 Å². The number of aromatic nitrogens is 2. The van der Waals surface area contributed by atoms with Gasteiger partial charge in [0.1, 0.15) is 11.3 Å². The minimum absolute atomic E-state index is 0.0827. The molecule has 3 aliphatic rings. The third-order valence-corrected chi connectivity index (χ3v) is 5.40. The zero-order chi connectivity index (χ0) is 17.6. The van der Waals surface area contributed by atoms with Gasteiger partial charge in [-0.25, -0.2) is 4.98 Å². The first-order valence-corrected chi connectivity index (χ1v) is 9.18. The quantitative estimate of drug-likeness (QED) is 0.844. The van der Waals surface area contributed by atoms with E-state index in [4.69, 9.17) is 11.6 Å². The second kappa shape index (κ2) is 6.33. The first-order chi connectivity index (χ1) is 12.1. The zero-order valence-electron chi connectivity index (χ0n) is 14.2. The number of carbonyl (C=O) groups is 2. The summed E-state index contributed by atoms with van der Waals surface area (Å²) in [6, 6.07) is 3.67. The second-order valence-electron chi connectivity index (χ2n) is 6.91. The fraction of sp³-hybridized carbons (Fsp3) is 0.500. The van der Waals surface area contributed by atoms with E-state index in [2.05, 4.69) is 11.9 Å². The maximum Gasteiger partial charge on any atom is 0.274 e. The number of hydrogen-bond acceptors (Lipinski definition) is 3. The summed E-state index contributed by atoms with van der Waals surface area (Å²) in [6.45, 7) is 3.93. The lowest BCUT2D eigenvalue weighted by atomic mass is 9.94. The summed E-state index contributed by atoms with van der Waals surface area (Å²) in [6.07, 6.45) is 6.23. The number of halogens is 1. The van der Waals surface area contributed by atoms with Crippen molar-refractivity contribution in [3.8, 4) is 0 Å². The molecule has 2 atom stereocenters. The summed E-state index contributed by atoms with van der Waals surface area (Å²) in [7, 11) is 0. The Kier molecular flexibility index (Phi) is 4.15. The number of amides is 2. The third kappa shape index (κ3) is 2.88. The van der Waals surface area contributed by atoms with Gasteiger partial charge in [0.15, 0.2) is 0 Å². The molecular formula is C18H21ClN4O2. The molecule has 7 heteroatoms. The van der Waals surface area contributed by atoms with Crippen LogP contribution < -0.4 is 0 Å². The highest BCUT2D eigenvalue weighted by Gasteiger charge is 2.41. The molecule has 2 aromatic heterocycles. The number of hydrogen-bond donors (Lipinski definition) is 0. The van der Waals surface area contributed by atoms with Gasteiger partial charge in [-0.05, 0) is 31.4 Å². The number of rotatable bonds is 3. The lowest BCUT2D eigenvalue weighted by Crippen LogP contribution is -2.48. The molecule has 25 heavy (non-hydrogen) atoms. The van der Waals surface area contributed by atoms with Gasteiger partial charge < -0.3 is 14.2 Å². The molecule has 0 radical (unpaired) electrons. The van der Waals surface area contributed by atoms with E-state index in [0.29, 0.717) is 29.5 Å². The monoisotopic (exact) mass is 360 g/mol. The first-order valence-electron chi connectivity index (χ1n) is 8.81. The van der Waals surface area contributed by atoms with Crippen molar-refractivity contribution in [2.45, 2.75) is 32.2 Å². The van der Waals surface area contributed by atoms with Crippen LogP contribution >= 0.6 is 11.6 Å². The predicted molar refractivity (Wildman–Crippen MR) is 94.6 cm³/mol. The SMILES string of the molecule is CCCN1C(=O)C2CCC1CN(C(=O)c1cn3cc(Cl)ccc3n1)C2. The Morgan fingerprint density at radius 3 is 2.92 bits per heavy atom. The van der Waals surface area contributed by atoms with Crippen LogP contribution in [0.4, 0.5) is 0 Å². The van der Waals surface area contributed by atoms with Crippen LogP contribution in [0.3, 0.4) is 0 Å². The predicted octanol–water partition coefficient (Wildman–Crippen LogP) is 2.46. The Morgan fingerprint density at radius 2 is 2.12 bits per heavy atom. The van der Waals surface area contributed by atoms with Gasteiger partial charge in [0, 0.05) is 38.1 Å². The molecule has 5 rings (SSSR count). The Hall–Kier alpha value is -2.08. The minimum atomic E-state index is -0.108. The smallest absolute Gasteiger partial charge is 0.274 e. The van der Waals surface area contributed by atoms with Crippen molar-refractivity contribution in [2.75, 3.05) is 19.6 Å². The Balaban J connectivity index is 1.60. The number of imidazole rings is 1. The number of fused-ring (bicyclic) bond motifs is 5. The van der Waals surface area contributed by atoms with Gasteiger partial charge in [-0.3, -0.25) is 9.59 Å². The van der Waals surface area contributed by atoms with Gasteiger partial charge in [-0.2, -0.15) is 0 Å². The van der Waals surface area contributed by atoms with Crippen molar-refractivity contribution in [3.05, 3.63) is 35.2 Å². The maximum absolute atomic E-state index is 13.0. The molecular weight excluding hydrogens is 340 g/mol. The average molecular weight is 361 g/mol. The van der Waals surface area contributed by atoms with Gasteiger partial charge in [0.25, 0.3) is 5.91 Å². The van der Waals surface area contributed by atoms with E-state index in [1.165, 1.54) is 0 Å². The fourth-order valence-electron chi connectivity index (χ4n) is 3.97.